The van der Waals surface area contributed by atoms with Crippen LogP contribution in [0.15, 0.2) is 18.2 Å². The third-order valence-electron chi connectivity index (χ3n) is 4.19. The third-order valence-corrected chi connectivity index (χ3v) is 4.19. The molecule has 1 N–H and O–H groups in total. The van der Waals surface area contributed by atoms with Gasteiger partial charge in [-0.05, 0) is 62.9 Å². The first-order valence-electron chi connectivity index (χ1n) is 8.17. The lowest BCUT2D eigenvalue weighted by Gasteiger charge is -2.14. The van der Waals surface area contributed by atoms with Crippen molar-refractivity contribution in [2.24, 2.45) is 0 Å². The number of hydrogen-bond donors (Lipinski definition) is 1. The Labute approximate surface area is 126 Å². The monoisotopic (exact) mass is 292 g/mol. The van der Waals surface area contributed by atoms with Crippen molar-refractivity contribution in [2.75, 3.05) is 26.2 Å². The van der Waals surface area contributed by atoms with Gasteiger partial charge >= 0.3 is 0 Å². The lowest BCUT2D eigenvalue weighted by atomic mass is 10.2. The molecule has 21 heavy (non-hydrogen) atoms. The molecule has 0 radical (unpaired) electrons. The van der Waals surface area contributed by atoms with E-state index in [1.165, 1.54) is 44.8 Å². The fraction of sp³-hybridized carbons (Fsp3) is 0.647. The Kier molecular flexibility index (Phi) is 5.09. The van der Waals surface area contributed by atoms with E-state index >= 15 is 0 Å². The molecule has 3 nitrogen and oxygen atoms in total. The van der Waals surface area contributed by atoms with E-state index in [4.69, 9.17) is 4.74 Å². The SMILES string of the molecule is Fc1cc(CNC2CC2)cc(OCCCN2CCCC2)c1. The molecule has 1 aromatic carbocycles. The highest BCUT2D eigenvalue weighted by Gasteiger charge is 2.20. The Morgan fingerprint density at radius 1 is 1.19 bits per heavy atom. The summed E-state index contributed by atoms with van der Waals surface area (Å²) in [5.41, 5.74) is 0.969. The smallest absolute Gasteiger partial charge is 0.127 e. The summed E-state index contributed by atoms with van der Waals surface area (Å²) in [6, 6.07) is 5.66. The lowest BCUT2D eigenvalue weighted by Crippen LogP contribution is -2.22. The van der Waals surface area contributed by atoms with Crippen molar-refractivity contribution in [3.8, 4) is 5.75 Å². The minimum Gasteiger partial charge on any atom is -0.493 e. The van der Waals surface area contributed by atoms with Crippen molar-refractivity contribution in [2.45, 2.75) is 44.7 Å². The number of halogens is 1. The molecule has 2 fully saturated rings. The molecular weight excluding hydrogens is 267 g/mol. The topological polar surface area (TPSA) is 24.5 Å². The molecule has 1 saturated carbocycles. The molecule has 1 aliphatic heterocycles. The van der Waals surface area contributed by atoms with Crippen LogP contribution < -0.4 is 10.1 Å². The van der Waals surface area contributed by atoms with E-state index in [2.05, 4.69) is 10.2 Å². The normalized spacial score (nSPS) is 19.1. The summed E-state index contributed by atoms with van der Waals surface area (Å²) in [5, 5.41) is 3.40. The minimum absolute atomic E-state index is 0.209. The molecule has 4 heteroatoms. The average molecular weight is 292 g/mol. The molecule has 1 aromatic rings. The van der Waals surface area contributed by atoms with Gasteiger partial charge in [-0.3, -0.25) is 0 Å². The van der Waals surface area contributed by atoms with Crippen LogP contribution in [0.1, 0.15) is 37.7 Å². The molecule has 0 amide bonds. The zero-order valence-electron chi connectivity index (χ0n) is 12.6. The number of ether oxygens (including phenoxy) is 1. The second-order valence-corrected chi connectivity index (χ2v) is 6.20. The van der Waals surface area contributed by atoms with Crippen LogP contribution >= 0.6 is 0 Å². The molecule has 1 heterocycles. The van der Waals surface area contributed by atoms with Gasteiger partial charge in [-0.15, -0.1) is 0 Å². The van der Waals surface area contributed by atoms with Gasteiger partial charge in [0, 0.05) is 25.2 Å². The van der Waals surface area contributed by atoms with Gasteiger partial charge in [-0.25, -0.2) is 4.39 Å². The van der Waals surface area contributed by atoms with Crippen molar-refractivity contribution in [1.29, 1.82) is 0 Å². The van der Waals surface area contributed by atoms with Crippen molar-refractivity contribution in [1.82, 2.24) is 10.2 Å². The molecule has 0 bridgehead atoms. The molecule has 1 aliphatic carbocycles. The summed E-state index contributed by atoms with van der Waals surface area (Å²) in [6.07, 6.45) is 6.14. The first kappa shape index (κ1) is 14.8. The standard InChI is InChI=1S/C17H25FN2O/c18-15-10-14(13-19-16-4-5-16)11-17(12-15)21-9-3-8-20-6-1-2-7-20/h10-12,16,19H,1-9,13H2. The van der Waals surface area contributed by atoms with Gasteiger partial charge in [0.25, 0.3) is 0 Å². The summed E-state index contributed by atoms with van der Waals surface area (Å²) in [7, 11) is 0. The molecule has 3 rings (SSSR count). The predicted molar refractivity (Wildman–Crippen MR) is 82.0 cm³/mol. The maximum atomic E-state index is 13.6. The van der Waals surface area contributed by atoms with Gasteiger partial charge in [0.1, 0.15) is 11.6 Å². The fourth-order valence-electron chi connectivity index (χ4n) is 2.84. The molecule has 0 atom stereocenters. The number of likely N-dealkylation sites (tertiary alicyclic amines) is 1. The van der Waals surface area contributed by atoms with Gasteiger partial charge in [0.2, 0.25) is 0 Å². The maximum absolute atomic E-state index is 13.6. The van der Waals surface area contributed by atoms with Crippen LogP contribution in [0.5, 0.6) is 5.75 Å². The van der Waals surface area contributed by atoms with Crippen LogP contribution in [0, 0.1) is 5.82 Å². The minimum atomic E-state index is -0.209. The zero-order chi connectivity index (χ0) is 14.5. The largest absolute Gasteiger partial charge is 0.493 e. The summed E-state index contributed by atoms with van der Waals surface area (Å²) in [6.45, 7) is 4.92. The van der Waals surface area contributed by atoms with Crippen LogP contribution in [-0.2, 0) is 6.54 Å². The van der Waals surface area contributed by atoms with Gasteiger partial charge in [0.05, 0.1) is 6.61 Å². The summed E-state index contributed by atoms with van der Waals surface area (Å²) in [5.74, 6) is 0.448. The molecule has 0 spiro atoms. The average Bonchev–Trinajstić information content (AvgIpc) is 3.16. The number of hydrogen-bond acceptors (Lipinski definition) is 3. The van der Waals surface area contributed by atoms with Gasteiger partial charge in [-0.1, -0.05) is 0 Å². The van der Waals surface area contributed by atoms with Crippen molar-refractivity contribution in [3.63, 3.8) is 0 Å². The summed E-state index contributed by atoms with van der Waals surface area (Å²) >= 11 is 0. The van der Waals surface area contributed by atoms with Crippen LogP contribution in [0.3, 0.4) is 0 Å². The van der Waals surface area contributed by atoms with Crippen molar-refractivity contribution >= 4 is 0 Å². The number of nitrogens with one attached hydrogen (secondary N) is 1. The van der Waals surface area contributed by atoms with Gasteiger partial charge < -0.3 is 15.0 Å². The highest BCUT2D eigenvalue weighted by Crippen LogP contribution is 2.21. The zero-order valence-corrected chi connectivity index (χ0v) is 12.6. The molecule has 1 saturated heterocycles. The van der Waals surface area contributed by atoms with E-state index in [0.29, 0.717) is 18.4 Å². The fourth-order valence-corrected chi connectivity index (χ4v) is 2.84. The Balaban J connectivity index is 1.42. The van der Waals surface area contributed by atoms with E-state index in [0.717, 1.165) is 25.1 Å². The molecule has 2 aliphatic rings. The summed E-state index contributed by atoms with van der Waals surface area (Å²) < 4.78 is 19.3. The van der Waals surface area contributed by atoms with Gasteiger partial charge in [0.15, 0.2) is 0 Å². The number of rotatable bonds is 8. The van der Waals surface area contributed by atoms with Crippen LogP contribution in [0.4, 0.5) is 4.39 Å². The predicted octanol–water partition coefficient (Wildman–Crippen LogP) is 2.94. The molecule has 0 aromatic heterocycles. The van der Waals surface area contributed by atoms with E-state index in [1.807, 2.05) is 6.07 Å². The maximum Gasteiger partial charge on any atom is 0.127 e. The highest BCUT2D eigenvalue weighted by atomic mass is 19.1. The summed E-state index contributed by atoms with van der Waals surface area (Å²) in [4.78, 5) is 2.47. The first-order chi connectivity index (χ1) is 10.3. The number of nitrogens with zero attached hydrogens (tertiary/aromatic N) is 1. The van der Waals surface area contributed by atoms with E-state index in [1.54, 1.807) is 6.07 Å². The first-order valence-corrected chi connectivity index (χ1v) is 8.17. The van der Waals surface area contributed by atoms with Crippen LogP contribution in [0.25, 0.3) is 0 Å². The van der Waals surface area contributed by atoms with E-state index in [9.17, 15) is 4.39 Å². The van der Waals surface area contributed by atoms with Gasteiger partial charge in [-0.2, -0.15) is 0 Å². The number of benzene rings is 1. The highest BCUT2D eigenvalue weighted by molar-refractivity contribution is 5.29. The second kappa shape index (κ2) is 7.23. The van der Waals surface area contributed by atoms with E-state index in [-0.39, 0.29) is 5.82 Å². The second-order valence-electron chi connectivity index (χ2n) is 6.20. The Morgan fingerprint density at radius 3 is 2.76 bits per heavy atom. The molecular formula is C17H25FN2O. The molecule has 116 valence electrons. The quantitative estimate of drug-likeness (QED) is 0.746. The van der Waals surface area contributed by atoms with E-state index < -0.39 is 0 Å². The van der Waals surface area contributed by atoms with Crippen LogP contribution in [-0.4, -0.2) is 37.2 Å². The lowest BCUT2D eigenvalue weighted by molar-refractivity contribution is 0.262. The Morgan fingerprint density at radius 2 is 2.00 bits per heavy atom. The third kappa shape index (κ3) is 4.97. The van der Waals surface area contributed by atoms with Crippen LogP contribution in [0.2, 0.25) is 0 Å². The van der Waals surface area contributed by atoms with Crippen molar-refractivity contribution < 1.29 is 9.13 Å². The molecule has 0 unspecified atom stereocenters. The Hall–Kier alpha value is -1.13. The Bertz CT molecular complexity index is 456. The van der Waals surface area contributed by atoms with Crippen molar-refractivity contribution in [3.05, 3.63) is 29.6 Å².